The standard InChI is InChI=1S/C7H18N.C3H6O3/c1-5-8(4,6-2)7-3;1-2(4)3(5)6/h5-7H2,1-4H3;2,4H,1H3,(H,5,6)/q+1;/p-1. The van der Waals surface area contributed by atoms with Crippen LogP contribution < -0.4 is 5.11 Å². The average Bonchev–Trinajstić information content (AvgIpc) is 2.17. The Kier molecular flexibility index (Phi) is 8.79. The molecule has 0 aliphatic carbocycles. The molecule has 0 amide bonds. The lowest BCUT2D eigenvalue weighted by Crippen LogP contribution is -2.42. The van der Waals surface area contributed by atoms with E-state index >= 15 is 0 Å². The molecule has 4 heteroatoms. The Balaban J connectivity index is 0. The summed E-state index contributed by atoms with van der Waals surface area (Å²) in [6, 6.07) is 0. The number of carbonyl (C=O) groups is 1. The van der Waals surface area contributed by atoms with Crippen molar-refractivity contribution in [1.29, 1.82) is 0 Å². The molecule has 14 heavy (non-hydrogen) atoms. The number of hydrogen-bond acceptors (Lipinski definition) is 3. The van der Waals surface area contributed by atoms with Crippen molar-refractivity contribution in [2.75, 3.05) is 26.7 Å². The Hall–Kier alpha value is -0.610. The SMILES string of the molecule is CC(O)C(=O)[O-].CC[N+](C)(CC)CC. The minimum atomic E-state index is -1.44. The smallest absolute Gasteiger partial charge is 0.0905 e. The Labute approximate surface area is 86.7 Å². The maximum Gasteiger partial charge on any atom is 0.0905 e. The van der Waals surface area contributed by atoms with Crippen molar-refractivity contribution in [2.24, 2.45) is 0 Å². The van der Waals surface area contributed by atoms with E-state index in [-0.39, 0.29) is 0 Å². The van der Waals surface area contributed by atoms with Crippen LogP contribution in [0.4, 0.5) is 0 Å². The maximum atomic E-state index is 9.34. The van der Waals surface area contributed by atoms with Crippen molar-refractivity contribution in [2.45, 2.75) is 33.8 Å². The molecule has 0 aromatic carbocycles. The first-order valence-corrected chi connectivity index (χ1v) is 5.05. The fourth-order valence-corrected chi connectivity index (χ4v) is 0.671. The highest BCUT2D eigenvalue weighted by Gasteiger charge is 2.10. The third-order valence-electron chi connectivity index (χ3n) is 2.63. The highest BCUT2D eigenvalue weighted by atomic mass is 16.4. The summed E-state index contributed by atoms with van der Waals surface area (Å²) in [6.45, 7) is 11.6. The molecular formula is C10H23NO3. The van der Waals surface area contributed by atoms with Gasteiger partial charge in [0.05, 0.1) is 38.8 Å². The largest absolute Gasteiger partial charge is 0.547 e. The maximum absolute atomic E-state index is 9.34. The molecule has 0 fully saturated rings. The fraction of sp³-hybridized carbons (Fsp3) is 0.900. The molecule has 0 aromatic rings. The Bertz CT molecular complexity index is 145. The molecule has 0 saturated carbocycles. The number of carboxylic acids is 1. The normalized spacial score (nSPS) is 12.7. The zero-order chi connectivity index (χ0) is 11.8. The molecule has 0 radical (unpaired) electrons. The predicted octanol–water partition coefficient (Wildman–Crippen LogP) is -0.390. The summed E-state index contributed by atoms with van der Waals surface area (Å²) >= 11 is 0. The first kappa shape index (κ1) is 15.8. The molecule has 0 bridgehead atoms. The van der Waals surface area contributed by atoms with Crippen molar-refractivity contribution < 1.29 is 19.5 Å². The Morgan fingerprint density at radius 3 is 1.50 bits per heavy atom. The second-order valence-electron chi connectivity index (χ2n) is 3.56. The van der Waals surface area contributed by atoms with Gasteiger partial charge >= 0.3 is 0 Å². The van der Waals surface area contributed by atoms with Gasteiger partial charge in [0.15, 0.2) is 0 Å². The summed E-state index contributed by atoms with van der Waals surface area (Å²) in [6.07, 6.45) is -1.34. The lowest BCUT2D eigenvalue weighted by Gasteiger charge is -2.30. The number of hydrogen-bond donors (Lipinski definition) is 1. The van der Waals surface area contributed by atoms with Crippen LogP contribution in [-0.2, 0) is 4.79 Å². The van der Waals surface area contributed by atoms with Crippen LogP contribution >= 0.6 is 0 Å². The van der Waals surface area contributed by atoms with Gasteiger partial charge in [0.25, 0.3) is 0 Å². The number of carbonyl (C=O) groups excluding carboxylic acids is 1. The minimum absolute atomic E-state index is 1.13. The summed E-state index contributed by atoms with van der Waals surface area (Å²) in [5, 5.41) is 17.3. The van der Waals surface area contributed by atoms with Crippen LogP contribution in [0.15, 0.2) is 0 Å². The lowest BCUT2D eigenvalue weighted by atomic mass is 10.4. The highest BCUT2D eigenvalue weighted by molar-refractivity contribution is 5.68. The molecule has 1 N–H and O–H groups in total. The molecular weight excluding hydrogens is 182 g/mol. The van der Waals surface area contributed by atoms with E-state index in [4.69, 9.17) is 5.11 Å². The van der Waals surface area contributed by atoms with Crippen LogP contribution in [0, 0.1) is 0 Å². The summed E-state index contributed by atoms with van der Waals surface area (Å²) in [5.74, 6) is -1.44. The first-order valence-electron chi connectivity index (χ1n) is 5.05. The van der Waals surface area contributed by atoms with Crippen molar-refractivity contribution in [3.63, 3.8) is 0 Å². The molecule has 0 saturated heterocycles. The quantitative estimate of drug-likeness (QED) is 0.636. The van der Waals surface area contributed by atoms with Gasteiger partial charge in [-0.2, -0.15) is 0 Å². The monoisotopic (exact) mass is 205 g/mol. The third kappa shape index (κ3) is 8.01. The summed E-state index contributed by atoms with van der Waals surface area (Å²) < 4.78 is 1.21. The van der Waals surface area contributed by atoms with E-state index in [1.54, 1.807) is 0 Å². The molecule has 0 spiro atoms. The van der Waals surface area contributed by atoms with Gasteiger partial charge in [-0.3, -0.25) is 0 Å². The molecule has 0 heterocycles. The van der Waals surface area contributed by atoms with E-state index in [0.717, 1.165) is 6.92 Å². The molecule has 0 aromatic heterocycles. The van der Waals surface area contributed by atoms with Gasteiger partial charge in [0, 0.05) is 0 Å². The van der Waals surface area contributed by atoms with Gasteiger partial charge in [-0.25, -0.2) is 0 Å². The molecule has 1 atom stereocenters. The lowest BCUT2D eigenvalue weighted by molar-refractivity contribution is -0.904. The number of quaternary nitrogens is 1. The summed E-state index contributed by atoms with van der Waals surface area (Å²) in [5.41, 5.74) is 0. The van der Waals surface area contributed by atoms with Crippen LogP contribution in [0.25, 0.3) is 0 Å². The Morgan fingerprint density at radius 1 is 1.29 bits per heavy atom. The molecule has 0 aliphatic heterocycles. The predicted molar refractivity (Wildman–Crippen MR) is 54.5 cm³/mol. The second kappa shape index (κ2) is 7.76. The van der Waals surface area contributed by atoms with E-state index in [2.05, 4.69) is 27.8 Å². The van der Waals surface area contributed by atoms with Crippen LogP contribution in [0.1, 0.15) is 27.7 Å². The molecule has 1 unspecified atom stereocenters. The third-order valence-corrected chi connectivity index (χ3v) is 2.63. The van der Waals surface area contributed by atoms with E-state index in [1.807, 2.05) is 0 Å². The Morgan fingerprint density at radius 2 is 1.50 bits per heavy atom. The minimum Gasteiger partial charge on any atom is -0.547 e. The van der Waals surface area contributed by atoms with Crippen molar-refractivity contribution in [1.82, 2.24) is 0 Å². The summed E-state index contributed by atoms with van der Waals surface area (Å²) in [4.78, 5) is 9.34. The van der Waals surface area contributed by atoms with Crippen molar-refractivity contribution >= 4 is 5.97 Å². The number of carboxylic acid groups (broad SMARTS) is 1. The second-order valence-corrected chi connectivity index (χ2v) is 3.56. The number of aliphatic hydroxyl groups excluding tert-OH is 1. The molecule has 86 valence electrons. The van der Waals surface area contributed by atoms with E-state index in [0.29, 0.717) is 0 Å². The average molecular weight is 205 g/mol. The van der Waals surface area contributed by atoms with Crippen LogP contribution in [-0.4, -0.2) is 48.3 Å². The zero-order valence-corrected chi connectivity index (χ0v) is 9.91. The summed E-state index contributed by atoms with van der Waals surface area (Å²) in [7, 11) is 2.29. The van der Waals surface area contributed by atoms with Crippen molar-refractivity contribution in [3.05, 3.63) is 0 Å². The van der Waals surface area contributed by atoms with Gasteiger partial charge in [0.2, 0.25) is 0 Å². The number of aliphatic carboxylic acids is 1. The van der Waals surface area contributed by atoms with Crippen molar-refractivity contribution in [3.8, 4) is 0 Å². The van der Waals surface area contributed by atoms with E-state index in [9.17, 15) is 9.90 Å². The molecule has 0 rings (SSSR count). The van der Waals surface area contributed by atoms with Crippen LogP contribution in [0.5, 0.6) is 0 Å². The van der Waals surface area contributed by atoms with Crippen LogP contribution in [0.3, 0.4) is 0 Å². The number of rotatable bonds is 4. The van der Waals surface area contributed by atoms with E-state index < -0.39 is 12.1 Å². The van der Waals surface area contributed by atoms with Gasteiger partial charge in [0.1, 0.15) is 0 Å². The van der Waals surface area contributed by atoms with Gasteiger partial charge in [-0.1, -0.05) is 0 Å². The highest BCUT2D eigenvalue weighted by Crippen LogP contribution is 1.97. The fourth-order valence-electron chi connectivity index (χ4n) is 0.671. The van der Waals surface area contributed by atoms with Gasteiger partial charge in [-0.05, 0) is 27.7 Å². The van der Waals surface area contributed by atoms with Gasteiger partial charge < -0.3 is 19.5 Å². The van der Waals surface area contributed by atoms with Crippen LogP contribution in [0.2, 0.25) is 0 Å². The van der Waals surface area contributed by atoms with E-state index in [1.165, 1.54) is 24.1 Å². The molecule has 4 nitrogen and oxygen atoms in total. The zero-order valence-electron chi connectivity index (χ0n) is 9.91. The number of aliphatic hydroxyl groups is 1. The topological polar surface area (TPSA) is 60.4 Å². The molecule has 0 aliphatic rings. The van der Waals surface area contributed by atoms with Gasteiger partial charge in [-0.15, -0.1) is 0 Å². The first-order chi connectivity index (χ1) is 6.32. The number of nitrogens with zero attached hydrogens (tertiary/aromatic N) is 1.